The van der Waals surface area contributed by atoms with Gasteiger partial charge in [0.25, 0.3) is 5.91 Å². The van der Waals surface area contributed by atoms with E-state index in [0.29, 0.717) is 55.1 Å². The number of rotatable bonds is 5. The highest BCUT2D eigenvalue weighted by Crippen LogP contribution is 2.33. The number of carbonyl (C=O) groups excluding carboxylic acids is 1. The topological polar surface area (TPSA) is 94.8 Å². The zero-order valence-corrected chi connectivity index (χ0v) is 19.7. The fraction of sp³-hybridized carbons (Fsp3) is 0.417. The lowest BCUT2D eigenvalue weighted by molar-refractivity contribution is 0.0720. The second-order valence-electron chi connectivity index (χ2n) is 8.32. The van der Waals surface area contributed by atoms with E-state index in [1.165, 1.54) is 0 Å². The Morgan fingerprint density at radius 2 is 1.91 bits per heavy atom. The van der Waals surface area contributed by atoms with E-state index < -0.39 is 0 Å². The molecule has 1 aromatic carbocycles. The fourth-order valence-electron chi connectivity index (χ4n) is 4.36. The Kier molecular flexibility index (Phi) is 6.06. The SMILES string of the molecule is COc1ccc(OC)c(-c2cc(C(=O)N3CCc4cnc(N5CCOCC5)nc4C3)n(C)n2)c1. The minimum atomic E-state index is -0.0831. The summed E-state index contributed by atoms with van der Waals surface area (Å²) in [4.78, 5) is 26.8. The first-order valence-corrected chi connectivity index (χ1v) is 11.3. The highest BCUT2D eigenvalue weighted by atomic mass is 16.5. The minimum absolute atomic E-state index is 0.0831. The Bertz CT molecular complexity index is 1200. The first kappa shape index (κ1) is 22.1. The second kappa shape index (κ2) is 9.30. The van der Waals surface area contributed by atoms with Crippen molar-refractivity contribution in [1.82, 2.24) is 24.6 Å². The van der Waals surface area contributed by atoms with Gasteiger partial charge in [-0.1, -0.05) is 0 Å². The summed E-state index contributed by atoms with van der Waals surface area (Å²) >= 11 is 0. The molecule has 2 aromatic heterocycles. The summed E-state index contributed by atoms with van der Waals surface area (Å²) in [7, 11) is 5.00. The molecule has 0 unspecified atom stereocenters. The van der Waals surface area contributed by atoms with Crippen LogP contribution in [0.25, 0.3) is 11.3 Å². The van der Waals surface area contributed by atoms with Crippen molar-refractivity contribution in [2.24, 2.45) is 7.05 Å². The van der Waals surface area contributed by atoms with E-state index >= 15 is 0 Å². The Labute approximate surface area is 198 Å². The number of aryl methyl sites for hydroxylation is 1. The molecule has 2 aliphatic rings. The molecule has 0 aliphatic carbocycles. The van der Waals surface area contributed by atoms with E-state index in [-0.39, 0.29) is 5.91 Å². The number of amides is 1. The van der Waals surface area contributed by atoms with Crippen LogP contribution in [0.4, 0.5) is 5.95 Å². The molecule has 3 aromatic rings. The quantitative estimate of drug-likeness (QED) is 0.565. The summed E-state index contributed by atoms with van der Waals surface area (Å²) in [5.74, 6) is 1.97. The molecule has 1 saturated heterocycles. The standard InChI is InChI=1S/C24H28N6O4/c1-28-21(13-19(27-28)18-12-17(32-2)4-5-22(18)33-3)23(31)30-7-6-16-14-25-24(26-20(16)15-30)29-8-10-34-11-9-29/h4-5,12-14H,6-11,15H2,1-3H3. The third-order valence-corrected chi connectivity index (χ3v) is 6.30. The van der Waals surface area contributed by atoms with Crippen molar-refractivity contribution in [3.63, 3.8) is 0 Å². The van der Waals surface area contributed by atoms with Gasteiger partial charge in [0.2, 0.25) is 5.95 Å². The van der Waals surface area contributed by atoms with Crippen molar-refractivity contribution in [3.05, 3.63) is 47.4 Å². The molecule has 4 heterocycles. The van der Waals surface area contributed by atoms with Crippen molar-refractivity contribution < 1.29 is 19.0 Å². The monoisotopic (exact) mass is 464 g/mol. The molecule has 2 aliphatic heterocycles. The molecule has 0 atom stereocenters. The van der Waals surface area contributed by atoms with Gasteiger partial charge in [0.15, 0.2) is 0 Å². The molecular weight excluding hydrogens is 436 g/mol. The summed E-state index contributed by atoms with van der Waals surface area (Å²) in [6, 6.07) is 7.32. The summed E-state index contributed by atoms with van der Waals surface area (Å²) in [6.45, 7) is 3.93. The number of methoxy groups -OCH3 is 2. The molecule has 10 heteroatoms. The maximum absolute atomic E-state index is 13.5. The van der Waals surface area contributed by atoms with Gasteiger partial charge in [0.05, 0.1) is 45.4 Å². The molecule has 0 spiro atoms. The number of morpholine rings is 1. The van der Waals surface area contributed by atoms with Gasteiger partial charge in [-0.25, -0.2) is 9.97 Å². The molecular formula is C24H28N6O4. The number of hydrogen-bond acceptors (Lipinski definition) is 8. The number of aromatic nitrogens is 4. The van der Waals surface area contributed by atoms with Gasteiger partial charge >= 0.3 is 0 Å². The van der Waals surface area contributed by atoms with E-state index in [4.69, 9.17) is 19.2 Å². The molecule has 0 bridgehead atoms. The first-order chi connectivity index (χ1) is 16.6. The zero-order valence-electron chi connectivity index (χ0n) is 19.7. The van der Waals surface area contributed by atoms with E-state index in [9.17, 15) is 4.79 Å². The summed E-state index contributed by atoms with van der Waals surface area (Å²) in [5.41, 5.74) is 3.91. The van der Waals surface area contributed by atoms with Crippen molar-refractivity contribution >= 4 is 11.9 Å². The van der Waals surface area contributed by atoms with Crippen LogP contribution in [0.2, 0.25) is 0 Å². The van der Waals surface area contributed by atoms with Gasteiger partial charge in [-0.2, -0.15) is 5.10 Å². The highest BCUT2D eigenvalue weighted by Gasteiger charge is 2.27. The Morgan fingerprint density at radius 3 is 2.68 bits per heavy atom. The van der Waals surface area contributed by atoms with Crippen LogP contribution in [-0.4, -0.2) is 77.6 Å². The van der Waals surface area contributed by atoms with Crippen LogP contribution < -0.4 is 14.4 Å². The first-order valence-electron chi connectivity index (χ1n) is 11.3. The van der Waals surface area contributed by atoms with Crippen molar-refractivity contribution in [2.45, 2.75) is 13.0 Å². The number of carbonyl (C=O) groups is 1. The van der Waals surface area contributed by atoms with Gasteiger partial charge in [-0.3, -0.25) is 9.48 Å². The molecule has 0 radical (unpaired) electrons. The number of nitrogens with zero attached hydrogens (tertiary/aromatic N) is 6. The van der Waals surface area contributed by atoms with Crippen molar-refractivity contribution in [3.8, 4) is 22.8 Å². The number of ether oxygens (including phenoxy) is 3. The molecule has 0 N–H and O–H groups in total. The number of anilines is 1. The number of benzene rings is 1. The van der Waals surface area contributed by atoms with Gasteiger partial charge in [-0.15, -0.1) is 0 Å². The van der Waals surface area contributed by atoms with E-state index in [1.807, 2.05) is 29.3 Å². The number of hydrogen-bond donors (Lipinski definition) is 0. The molecule has 1 amide bonds. The minimum Gasteiger partial charge on any atom is -0.497 e. The number of fused-ring (bicyclic) bond motifs is 1. The Morgan fingerprint density at radius 1 is 1.09 bits per heavy atom. The molecule has 10 nitrogen and oxygen atoms in total. The summed E-state index contributed by atoms with van der Waals surface area (Å²) in [6.07, 6.45) is 2.62. The highest BCUT2D eigenvalue weighted by molar-refractivity contribution is 5.94. The molecule has 5 rings (SSSR count). The fourth-order valence-corrected chi connectivity index (χ4v) is 4.36. The molecule has 178 valence electrons. The van der Waals surface area contributed by atoms with Crippen molar-refractivity contribution in [1.29, 1.82) is 0 Å². The van der Waals surface area contributed by atoms with E-state index in [2.05, 4.69) is 15.0 Å². The molecule has 34 heavy (non-hydrogen) atoms. The molecule has 0 saturated carbocycles. The summed E-state index contributed by atoms with van der Waals surface area (Å²) in [5, 5.41) is 4.59. The maximum atomic E-state index is 13.5. The Hall–Kier alpha value is -3.66. The van der Waals surface area contributed by atoms with Crippen LogP contribution in [0.3, 0.4) is 0 Å². The average Bonchev–Trinajstić information content (AvgIpc) is 3.28. The maximum Gasteiger partial charge on any atom is 0.272 e. The Balaban J connectivity index is 1.39. The summed E-state index contributed by atoms with van der Waals surface area (Å²) < 4.78 is 17.9. The predicted molar refractivity (Wildman–Crippen MR) is 125 cm³/mol. The molecule has 1 fully saturated rings. The van der Waals surface area contributed by atoms with E-state index in [1.54, 1.807) is 32.0 Å². The van der Waals surface area contributed by atoms with Crippen LogP contribution in [0.5, 0.6) is 11.5 Å². The van der Waals surface area contributed by atoms with Crippen LogP contribution >= 0.6 is 0 Å². The van der Waals surface area contributed by atoms with Crippen LogP contribution in [-0.2, 0) is 24.8 Å². The van der Waals surface area contributed by atoms with Gasteiger partial charge in [0.1, 0.15) is 17.2 Å². The largest absolute Gasteiger partial charge is 0.497 e. The van der Waals surface area contributed by atoms with Gasteiger partial charge in [-0.05, 0) is 36.2 Å². The van der Waals surface area contributed by atoms with Gasteiger partial charge < -0.3 is 24.0 Å². The smallest absolute Gasteiger partial charge is 0.272 e. The lowest BCUT2D eigenvalue weighted by Crippen LogP contribution is -2.39. The lowest BCUT2D eigenvalue weighted by Gasteiger charge is -2.30. The van der Waals surface area contributed by atoms with Crippen LogP contribution in [0.1, 0.15) is 21.7 Å². The van der Waals surface area contributed by atoms with Crippen molar-refractivity contribution in [2.75, 3.05) is 52.0 Å². The van der Waals surface area contributed by atoms with Gasteiger partial charge in [0, 0.05) is 38.4 Å². The van der Waals surface area contributed by atoms with E-state index in [0.717, 1.165) is 36.3 Å². The predicted octanol–water partition coefficient (Wildman–Crippen LogP) is 1.93. The van der Waals surface area contributed by atoms with Crippen LogP contribution in [0, 0.1) is 0 Å². The zero-order chi connectivity index (χ0) is 23.7. The normalized spacial score (nSPS) is 15.7. The second-order valence-corrected chi connectivity index (χ2v) is 8.32. The van der Waals surface area contributed by atoms with Crippen LogP contribution in [0.15, 0.2) is 30.5 Å². The lowest BCUT2D eigenvalue weighted by atomic mass is 10.1. The third-order valence-electron chi connectivity index (χ3n) is 6.30. The average molecular weight is 465 g/mol. The third kappa shape index (κ3) is 4.16.